The van der Waals surface area contributed by atoms with Gasteiger partial charge in [-0.3, -0.25) is 9.59 Å². The number of esters is 1. The van der Waals surface area contributed by atoms with E-state index in [1.807, 2.05) is 0 Å². The highest BCUT2D eigenvalue weighted by Crippen LogP contribution is 2.22. The molecule has 0 aliphatic carbocycles. The second kappa shape index (κ2) is 9.23. The van der Waals surface area contributed by atoms with Gasteiger partial charge in [-0.2, -0.15) is 0 Å². The van der Waals surface area contributed by atoms with Gasteiger partial charge in [0.05, 0.1) is 20.1 Å². The van der Waals surface area contributed by atoms with Crippen LogP contribution in [0, 0.1) is 0 Å². The molecule has 0 saturated heterocycles. The number of hydrogen-bond acceptors (Lipinski definition) is 4. The average molecular weight is 314 g/mol. The van der Waals surface area contributed by atoms with Gasteiger partial charge in [-0.25, -0.2) is 0 Å². The second-order valence-corrected chi connectivity index (χ2v) is 4.83. The van der Waals surface area contributed by atoms with Crippen LogP contribution in [-0.4, -0.2) is 32.1 Å². The van der Waals surface area contributed by atoms with E-state index in [1.54, 1.807) is 32.2 Å². The SMILES string of the molecule is CCOC(=O)CCCNC(=O)Cc1cc(Cl)ccc1OC. The van der Waals surface area contributed by atoms with Crippen molar-refractivity contribution in [2.45, 2.75) is 26.2 Å². The quantitative estimate of drug-likeness (QED) is 0.591. The van der Waals surface area contributed by atoms with Crippen LogP contribution in [0.15, 0.2) is 18.2 Å². The molecule has 1 rings (SSSR count). The highest BCUT2D eigenvalue weighted by Gasteiger charge is 2.09. The zero-order chi connectivity index (χ0) is 15.7. The lowest BCUT2D eigenvalue weighted by molar-refractivity contribution is -0.143. The summed E-state index contributed by atoms with van der Waals surface area (Å²) in [5.74, 6) is 0.240. The summed E-state index contributed by atoms with van der Waals surface area (Å²) in [7, 11) is 1.55. The summed E-state index contributed by atoms with van der Waals surface area (Å²) in [6.07, 6.45) is 1.04. The van der Waals surface area contributed by atoms with Crippen LogP contribution in [0.5, 0.6) is 5.75 Å². The number of rotatable bonds is 8. The number of nitrogens with one attached hydrogen (secondary N) is 1. The monoisotopic (exact) mass is 313 g/mol. The van der Waals surface area contributed by atoms with Crippen molar-refractivity contribution < 1.29 is 19.1 Å². The van der Waals surface area contributed by atoms with Gasteiger partial charge in [0.25, 0.3) is 0 Å². The minimum Gasteiger partial charge on any atom is -0.496 e. The molecule has 0 bridgehead atoms. The Bertz CT molecular complexity index is 491. The van der Waals surface area contributed by atoms with Gasteiger partial charge in [-0.15, -0.1) is 0 Å². The second-order valence-electron chi connectivity index (χ2n) is 4.39. The van der Waals surface area contributed by atoms with Crippen molar-refractivity contribution in [3.8, 4) is 5.75 Å². The zero-order valence-electron chi connectivity index (χ0n) is 12.3. The molecule has 1 aromatic rings. The fourth-order valence-electron chi connectivity index (χ4n) is 1.81. The van der Waals surface area contributed by atoms with Crippen molar-refractivity contribution in [1.82, 2.24) is 5.32 Å². The molecule has 0 unspecified atom stereocenters. The van der Waals surface area contributed by atoms with Gasteiger partial charge >= 0.3 is 5.97 Å². The van der Waals surface area contributed by atoms with Gasteiger partial charge < -0.3 is 14.8 Å². The Hall–Kier alpha value is -1.75. The van der Waals surface area contributed by atoms with E-state index in [4.69, 9.17) is 21.1 Å². The summed E-state index contributed by atoms with van der Waals surface area (Å²) in [5, 5.41) is 3.31. The van der Waals surface area contributed by atoms with E-state index in [0.29, 0.717) is 36.8 Å². The fourth-order valence-corrected chi connectivity index (χ4v) is 2.01. The van der Waals surface area contributed by atoms with Gasteiger partial charge in [-0.1, -0.05) is 11.6 Å². The Kier molecular flexibility index (Phi) is 7.61. The van der Waals surface area contributed by atoms with E-state index in [1.165, 1.54) is 0 Å². The Balaban J connectivity index is 2.37. The third-order valence-corrected chi connectivity index (χ3v) is 3.01. The summed E-state index contributed by atoms with van der Waals surface area (Å²) >= 11 is 5.91. The molecular weight excluding hydrogens is 294 g/mol. The van der Waals surface area contributed by atoms with Crippen LogP contribution in [0.25, 0.3) is 0 Å². The van der Waals surface area contributed by atoms with Gasteiger partial charge in [0.2, 0.25) is 5.91 Å². The minimum absolute atomic E-state index is 0.139. The molecule has 6 heteroatoms. The molecule has 5 nitrogen and oxygen atoms in total. The first-order valence-corrected chi connectivity index (χ1v) is 7.19. The predicted molar refractivity (Wildman–Crippen MR) is 80.6 cm³/mol. The first kappa shape index (κ1) is 17.3. The predicted octanol–water partition coefficient (Wildman–Crippen LogP) is 2.35. The molecule has 0 atom stereocenters. The van der Waals surface area contributed by atoms with E-state index in [9.17, 15) is 9.59 Å². The van der Waals surface area contributed by atoms with Crippen molar-refractivity contribution in [2.75, 3.05) is 20.3 Å². The van der Waals surface area contributed by atoms with Gasteiger partial charge in [0, 0.05) is 23.6 Å². The molecule has 116 valence electrons. The first-order chi connectivity index (χ1) is 10.1. The minimum atomic E-state index is -0.247. The lowest BCUT2D eigenvalue weighted by atomic mass is 10.1. The largest absolute Gasteiger partial charge is 0.496 e. The van der Waals surface area contributed by atoms with Crippen LogP contribution in [0.4, 0.5) is 0 Å². The zero-order valence-corrected chi connectivity index (χ0v) is 13.0. The maximum Gasteiger partial charge on any atom is 0.305 e. The average Bonchev–Trinajstić information content (AvgIpc) is 2.44. The van der Waals surface area contributed by atoms with E-state index in [2.05, 4.69) is 5.32 Å². The number of carbonyl (C=O) groups excluding carboxylic acids is 2. The summed E-state index contributed by atoms with van der Waals surface area (Å²) in [6, 6.07) is 5.14. The van der Waals surface area contributed by atoms with Gasteiger partial charge in [-0.05, 0) is 31.5 Å². The van der Waals surface area contributed by atoms with Crippen LogP contribution < -0.4 is 10.1 Å². The summed E-state index contributed by atoms with van der Waals surface area (Å²) < 4.78 is 9.99. The molecule has 0 spiro atoms. The molecule has 0 radical (unpaired) electrons. The fraction of sp³-hybridized carbons (Fsp3) is 0.467. The summed E-state index contributed by atoms with van der Waals surface area (Å²) in [5.41, 5.74) is 0.730. The van der Waals surface area contributed by atoms with Gasteiger partial charge in [0.1, 0.15) is 5.75 Å². The molecule has 0 saturated carbocycles. The van der Waals surface area contributed by atoms with Crippen molar-refractivity contribution in [3.05, 3.63) is 28.8 Å². The first-order valence-electron chi connectivity index (χ1n) is 6.81. The third kappa shape index (κ3) is 6.49. The molecule has 1 aromatic carbocycles. The molecule has 0 heterocycles. The number of hydrogen-bond donors (Lipinski definition) is 1. The molecule has 0 aromatic heterocycles. The molecule has 1 N–H and O–H groups in total. The van der Waals surface area contributed by atoms with E-state index >= 15 is 0 Å². The van der Waals surface area contributed by atoms with E-state index in [0.717, 1.165) is 5.56 Å². The molecule has 0 aliphatic rings. The Morgan fingerprint density at radius 3 is 2.76 bits per heavy atom. The van der Waals surface area contributed by atoms with Crippen LogP contribution >= 0.6 is 11.6 Å². The smallest absolute Gasteiger partial charge is 0.305 e. The maximum atomic E-state index is 11.8. The third-order valence-electron chi connectivity index (χ3n) is 2.78. The number of benzene rings is 1. The highest BCUT2D eigenvalue weighted by molar-refractivity contribution is 6.30. The summed E-state index contributed by atoms with van der Waals surface area (Å²) in [4.78, 5) is 23.0. The number of amides is 1. The van der Waals surface area contributed by atoms with E-state index in [-0.39, 0.29) is 18.3 Å². The van der Waals surface area contributed by atoms with Crippen LogP contribution in [0.2, 0.25) is 5.02 Å². The van der Waals surface area contributed by atoms with E-state index < -0.39 is 0 Å². The molecule has 1 amide bonds. The van der Waals surface area contributed by atoms with Crippen LogP contribution in [0.3, 0.4) is 0 Å². The van der Waals surface area contributed by atoms with Crippen molar-refractivity contribution in [1.29, 1.82) is 0 Å². The highest BCUT2D eigenvalue weighted by atomic mass is 35.5. The lowest BCUT2D eigenvalue weighted by Crippen LogP contribution is -2.26. The summed E-state index contributed by atoms with van der Waals surface area (Å²) in [6.45, 7) is 2.57. The van der Waals surface area contributed by atoms with Crippen molar-refractivity contribution in [2.24, 2.45) is 0 Å². The molecular formula is C15H20ClNO4. The van der Waals surface area contributed by atoms with Crippen molar-refractivity contribution >= 4 is 23.5 Å². The van der Waals surface area contributed by atoms with Crippen molar-refractivity contribution in [3.63, 3.8) is 0 Å². The molecule has 0 aliphatic heterocycles. The lowest BCUT2D eigenvalue weighted by Gasteiger charge is -2.09. The number of halogens is 1. The van der Waals surface area contributed by atoms with Crippen LogP contribution in [0.1, 0.15) is 25.3 Å². The maximum absolute atomic E-state index is 11.8. The topological polar surface area (TPSA) is 64.6 Å². The Morgan fingerprint density at radius 2 is 2.10 bits per heavy atom. The normalized spacial score (nSPS) is 10.0. The number of methoxy groups -OCH3 is 1. The Labute approximate surface area is 129 Å². The standard InChI is InChI=1S/C15H20ClNO4/c1-3-21-15(19)5-4-8-17-14(18)10-11-9-12(16)6-7-13(11)20-2/h6-7,9H,3-5,8,10H2,1-2H3,(H,17,18). The number of ether oxygens (including phenoxy) is 2. The van der Waals surface area contributed by atoms with Gasteiger partial charge in [0.15, 0.2) is 0 Å². The number of carbonyl (C=O) groups is 2. The van der Waals surface area contributed by atoms with Crippen LogP contribution in [-0.2, 0) is 20.7 Å². The Morgan fingerprint density at radius 1 is 1.33 bits per heavy atom. The molecule has 0 fully saturated rings. The molecule has 21 heavy (non-hydrogen) atoms.